The molecule has 11 nitrogen and oxygen atoms in total. The van der Waals surface area contributed by atoms with Crippen LogP contribution in [0.25, 0.3) is 0 Å². The third kappa shape index (κ3) is 8.41. The lowest BCUT2D eigenvalue weighted by molar-refractivity contribution is -0.164. The van der Waals surface area contributed by atoms with Crippen LogP contribution in [0.4, 0.5) is 11.9 Å². The molecule has 3 rings (SSSR count). The molecule has 0 saturated carbocycles. The molecule has 2 aromatic rings. The van der Waals surface area contributed by atoms with Crippen LogP contribution >= 0.6 is 0 Å². The number of aliphatic hydroxyl groups is 1. The Morgan fingerprint density at radius 3 is 2.54 bits per heavy atom. The molecule has 2 atom stereocenters. The third-order valence-electron chi connectivity index (χ3n) is 5.44. The van der Waals surface area contributed by atoms with E-state index < -0.39 is 10.0 Å². The summed E-state index contributed by atoms with van der Waals surface area (Å²) in [6.07, 6.45) is 2.54. The lowest BCUT2D eigenvalue weighted by atomic mass is 9.95. The minimum absolute atomic E-state index is 0.00390. The molecule has 2 unspecified atom stereocenters. The van der Waals surface area contributed by atoms with Crippen molar-refractivity contribution in [1.82, 2.24) is 20.0 Å². The van der Waals surface area contributed by atoms with Crippen molar-refractivity contribution in [3.05, 3.63) is 41.2 Å². The zero-order valence-corrected chi connectivity index (χ0v) is 21.4. The monoisotopic (exact) mass is 506 g/mol. The molecule has 2 heterocycles. The fourth-order valence-corrected chi connectivity index (χ4v) is 4.27. The van der Waals surface area contributed by atoms with Gasteiger partial charge in [0.2, 0.25) is 27.8 Å². The van der Waals surface area contributed by atoms with Gasteiger partial charge in [0.05, 0.1) is 38.5 Å². The standard InChI is InChI=1S/C23H34N6O5S/c1-15(2)10-19(14-30)24-22-25-20(26-23(27-22)28-35(4,32)33)11-16(3)18-7-5-6-17(12-18)13-29-21(31)8-9-34-29/h5-7,12,15-16,19,30H,8-11,13-14H2,1-4H3,(H2,24,25,26,27,28). The smallest absolute Gasteiger partial charge is 0.248 e. The number of aliphatic hydroxyl groups excluding tert-OH is 1. The van der Waals surface area contributed by atoms with Gasteiger partial charge in [-0.2, -0.15) is 15.0 Å². The van der Waals surface area contributed by atoms with Crippen molar-refractivity contribution in [3.63, 3.8) is 0 Å². The Labute approximate surface area is 206 Å². The number of hydroxylamine groups is 2. The van der Waals surface area contributed by atoms with Crippen molar-refractivity contribution in [3.8, 4) is 0 Å². The van der Waals surface area contributed by atoms with Crippen LogP contribution in [0.1, 0.15) is 56.5 Å². The molecule has 192 valence electrons. The van der Waals surface area contributed by atoms with Crippen molar-refractivity contribution in [1.29, 1.82) is 0 Å². The number of rotatable bonds is 12. The van der Waals surface area contributed by atoms with Crippen LogP contribution in [0.3, 0.4) is 0 Å². The van der Waals surface area contributed by atoms with Crippen molar-refractivity contribution in [2.24, 2.45) is 5.92 Å². The lowest BCUT2D eigenvalue weighted by Crippen LogP contribution is -2.27. The molecule has 0 radical (unpaired) electrons. The van der Waals surface area contributed by atoms with Crippen LogP contribution in [0.2, 0.25) is 0 Å². The Bertz CT molecular complexity index is 1130. The molecule has 1 saturated heterocycles. The minimum atomic E-state index is -3.59. The number of hydrogen-bond acceptors (Lipinski definition) is 9. The summed E-state index contributed by atoms with van der Waals surface area (Å²) >= 11 is 0. The molecule has 35 heavy (non-hydrogen) atoms. The quantitative estimate of drug-likeness (QED) is 0.393. The Hall–Kier alpha value is -2.83. The summed E-state index contributed by atoms with van der Waals surface area (Å²) in [6, 6.07) is 7.59. The van der Waals surface area contributed by atoms with E-state index in [2.05, 4.69) is 25.0 Å². The van der Waals surface area contributed by atoms with Crippen molar-refractivity contribution in [2.75, 3.05) is 29.5 Å². The fourth-order valence-electron chi connectivity index (χ4n) is 3.85. The first-order valence-electron chi connectivity index (χ1n) is 11.6. The van der Waals surface area contributed by atoms with Gasteiger partial charge in [0.25, 0.3) is 0 Å². The number of hydrogen-bond donors (Lipinski definition) is 3. The molecular formula is C23H34N6O5S. The zero-order chi connectivity index (χ0) is 25.6. The van der Waals surface area contributed by atoms with E-state index in [9.17, 15) is 18.3 Å². The number of amides is 1. The largest absolute Gasteiger partial charge is 0.394 e. The van der Waals surface area contributed by atoms with Crippen LogP contribution in [0, 0.1) is 5.92 Å². The summed E-state index contributed by atoms with van der Waals surface area (Å²) in [5.41, 5.74) is 1.97. The molecule has 3 N–H and O–H groups in total. The third-order valence-corrected chi connectivity index (χ3v) is 6.00. The van der Waals surface area contributed by atoms with Gasteiger partial charge in [0, 0.05) is 6.42 Å². The summed E-state index contributed by atoms with van der Waals surface area (Å²) in [4.78, 5) is 30.2. The second-order valence-corrected chi connectivity index (χ2v) is 11.0. The van der Waals surface area contributed by atoms with Crippen LogP contribution in [-0.4, -0.2) is 65.0 Å². The number of anilines is 2. The summed E-state index contributed by atoms with van der Waals surface area (Å²) in [5.74, 6) is 0.835. The molecule has 1 fully saturated rings. The number of sulfonamides is 1. The predicted molar refractivity (Wildman–Crippen MR) is 132 cm³/mol. The van der Waals surface area contributed by atoms with Crippen LogP contribution < -0.4 is 10.0 Å². The average Bonchev–Trinajstić information content (AvgIpc) is 3.16. The number of benzene rings is 1. The van der Waals surface area contributed by atoms with E-state index in [0.717, 1.165) is 17.4 Å². The number of carbonyl (C=O) groups is 1. The predicted octanol–water partition coefficient (Wildman–Crippen LogP) is 2.07. The average molecular weight is 507 g/mol. The van der Waals surface area contributed by atoms with E-state index in [1.807, 2.05) is 45.0 Å². The van der Waals surface area contributed by atoms with Gasteiger partial charge in [-0.3, -0.25) is 14.4 Å². The molecule has 1 aliphatic rings. The summed E-state index contributed by atoms with van der Waals surface area (Å²) < 4.78 is 25.9. The van der Waals surface area contributed by atoms with Crippen molar-refractivity contribution < 1.29 is 23.2 Å². The summed E-state index contributed by atoms with van der Waals surface area (Å²) in [5, 5.41) is 14.2. The summed E-state index contributed by atoms with van der Waals surface area (Å²) in [7, 11) is -3.59. The maximum atomic E-state index is 11.9. The number of carbonyl (C=O) groups excluding carboxylic acids is 1. The van der Waals surface area contributed by atoms with E-state index in [-0.39, 0.29) is 36.4 Å². The van der Waals surface area contributed by atoms with Gasteiger partial charge >= 0.3 is 0 Å². The van der Waals surface area contributed by atoms with Gasteiger partial charge < -0.3 is 10.4 Å². The maximum absolute atomic E-state index is 11.9. The van der Waals surface area contributed by atoms with E-state index in [0.29, 0.717) is 44.2 Å². The highest BCUT2D eigenvalue weighted by Gasteiger charge is 2.22. The zero-order valence-electron chi connectivity index (χ0n) is 20.6. The molecule has 0 spiro atoms. The van der Waals surface area contributed by atoms with Gasteiger partial charge in [-0.15, -0.1) is 0 Å². The Balaban J connectivity index is 1.80. The van der Waals surface area contributed by atoms with Crippen LogP contribution in [0.5, 0.6) is 0 Å². The van der Waals surface area contributed by atoms with Gasteiger partial charge in [0.1, 0.15) is 5.82 Å². The normalized spacial score (nSPS) is 15.9. The van der Waals surface area contributed by atoms with E-state index >= 15 is 0 Å². The van der Waals surface area contributed by atoms with E-state index in [1.165, 1.54) is 5.06 Å². The van der Waals surface area contributed by atoms with Gasteiger partial charge in [-0.05, 0) is 29.4 Å². The summed E-state index contributed by atoms with van der Waals surface area (Å²) in [6.45, 7) is 6.78. The second-order valence-electron chi connectivity index (χ2n) is 9.29. The minimum Gasteiger partial charge on any atom is -0.394 e. The molecule has 1 aromatic heterocycles. The highest BCUT2D eigenvalue weighted by Crippen LogP contribution is 2.23. The van der Waals surface area contributed by atoms with Crippen LogP contribution in [0.15, 0.2) is 24.3 Å². The molecule has 0 aliphatic carbocycles. The number of aromatic nitrogens is 3. The highest BCUT2D eigenvalue weighted by atomic mass is 32.2. The van der Waals surface area contributed by atoms with Crippen molar-refractivity contribution >= 4 is 27.8 Å². The number of nitrogens with zero attached hydrogens (tertiary/aromatic N) is 4. The highest BCUT2D eigenvalue weighted by molar-refractivity contribution is 7.91. The molecule has 1 aromatic carbocycles. The molecule has 1 amide bonds. The molecular weight excluding hydrogens is 472 g/mol. The van der Waals surface area contributed by atoms with Gasteiger partial charge in [0.15, 0.2) is 0 Å². The molecule has 0 bridgehead atoms. The maximum Gasteiger partial charge on any atom is 0.248 e. The first-order valence-corrected chi connectivity index (χ1v) is 13.5. The Morgan fingerprint density at radius 2 is 1.91 bits per heavy atom. The van der Waals surface area contributed by atoms with E-state index in [1.54, 1.807) is 0 Å². The van der Waals surface area contributed by atoms with Gasteiger partial charge in [-0.1, -0.05) is 45.0 Å². The topological polar surface area (TPSA) is 147 Å². The lowest BCUT2D eigenvalue weighted by Gasteiger charge is -2.19. The van der Waals surface area contributed by atoms with Gasteiger partial charge in [-0.25, -0.2) is 13.5 Å². The second kappa shape index (κ2) is 11.7. The SMILES string of the molecule is CC(C)CC(CO)Nc1nc(CC(C)c2cccc(CN3OCCC3=O)c2)nc(NS(C)(=O)=O)n1. The molecule has 12 heteroatoms. The van der Waals surface area contributed by atoms with E-state index in [4.69, 9.17) is 4.84 Å². The Morgan fingerprint density at radius 1 is 1.17 bits per heavy atom. The first kappa shape index (κ1) is 26.8. The first-order chi connectivity index (χ1) is 16.5. The van der Waals surface area contributed by atoms with Crippen molar-refractivity contribution in [2.45, 2.75) is 58.5 Å². The Kier molecular flexibility index (Phi) is 8.98. The number of nitrogens with one attached hydrogen (secondary N) is 2. The molecule has 1 aliphatic heterocycles. The fraction of sp³-hybridized carbons (Fsp3) is 0.565. The van der Waals surface area contributed by atoms with Crippen LogP contribution in [-0.2, 0) is 32.6 Å².